The van der Waals surface area contributed by atoms with Gasteiger partial charge in [-0.15, -0.1) is 0 Å². The topological polar surface area (TPSA) is 83.6 Å². The first-order valence-electron chi connectivity index (χ1n) is 5.86. The van der Waals surface area contributed by atoms with E-state index in [1.807, 2.05) is 6.92 Å². The van der Waals surface area contributed by atoms with E-state index < -0.39 is 11.9 Å². The normalized spacial score (nSPS) is 23.1. The van der Waals surface area contributed by atoms with Crippen LogP contribution in [0.4, 0.5) is 5.69 Å². The molecular formula is C13H16N2O3. The van der Waals surface area contributed by atoms with Gasteiger partial charge in [0, 0.05) is 24.3 Å². The average Bonchev–Trinajstić information content (AvgIpc) is 2.71. The van der Waals surface area contributed by atoms with Gasteiger partial charge < -0.3 is 15.7 Å². The highest BCUT2D eigenvalue weighted by Crippen LogP contribution is 2.24. The molecule has 3 N–H and O–H groups in total. The molecule has 2 unspecified atom stereocenters. The number of carbonyl (C=O) groups excluding carboxylic acids is 1. The maximum absolute atomic E-state index is 12.2. The van der Waals surface area contributed by atoms with Crippen LogP contribution in [0.15, 0.2) is 24.3 Å². The number of benzene rings is 1. The standard InChI is InChI=1S/C13H16N2O3/c1-8-6-15(7-11(8)13(17)18)12(16)9-2-4-10(14)5-3-9/h2-5,8,11H,6-7,14H2,1H3,(H,17,18). The van der Waals surface area contributed by atoms with Crippen LogP contribution in [0.1, 0.15) is 17.3 Å². The number of rotatable bonds is 2. The Bertz CT molecular complexity index is 470. The van der Waals surface area contributed by atoms with Crippen molar-refractivity contribution in [1.82, 2.24) is 4.90 Å². The molecule has 18 heavy (non-hydrogen) atoms. The first kappa shape index (κ1) is 12.4. The number of carboxylic acid groups (broad SMARTS) is 1. The summed E-state index contributed by atoms with van der Waals surface area (Å²) in [5, 5.41) is 9.04. The van der Waals surface area contributed by atoms with Crippen LogP contribution in [0.2, 0.25) is 0 Å². The summed E-state index contributed by atoms with van der Waals surface area (Å²) in [4.78, 5) is 24.8. The smallest absolute Gasteiger partial charge is 0.308 e. The zero-order chi connectivity index (χ0) is 13.3. The minimum Gasteiger partial charge on any atom is -0.481 e. The molecule has 1 amide bonds. The largest absolute Gasteiger partial charge is 0.481 e. The van der Waals surface area contributed by atoms with Gasteiger partial charge in [-0.1, -0.05) is 6.92 Å². The number of nitrogens with zero attached hydrogens (tertiary/aromatic N) is 1. The summed E-state index contributed by atoms with van der Waals surface area (Å²) in [6.45, 7) is 2.62. The molecule has 0 bridgehead atoms. The Morgan fingerprint density at radius 2 is 1.89 bits per heavy atom. The van der Waals surface area contributed by atoms with Crippen molar-refractivity contribution in [2.45, 2.75) is 6.92 Å². The van der Waals surface area contributed by atoms with Crippen molar-refractivity contribution in [1.29, 1.82) is 0 Å². The van der Waals surface area contributed by atoms with Crippen LogP contribution in [0.3, 0.4) is 0 Å². The molecule has 1 heterocycles. The lowest BCUT2D eigenvalue weighted by molar-refractivity contribution is -0.142. The molecule has 1 aliphatic rings. The monoisotopic (exact) mass is 248 g/mol. The second-order valence-electron chi connectivity index (χ2n) is 4.75. The minimum atomic E-state index is -0.838. The summed E-state index contributed by atoms with van der Waals surface area (Å²) < 4.78 is 0. The van der Waals surface area contributed by atoms with Gasteiger partial charge in [0.2, 0.25) is 0 Å². The van der Waals surface area contributed by atoms with E-state index in [0.717, 1.165) is 0 Å². The van der Waals surface area contributed by atoms with E-state index in [1.54, 1.807) is 29.2 Å². The van der Waals surface area contributed by atoms with E-state index in [0.29, 0.717) is 17.8 Å². The lowest BCUT2D eigenvalue weighted by Crippen LogP contribution is -2.29. The number of likely N-dealkylation sites (tertiary alicyclic amines) is 1. The molecule has 0 saturated carbocycles. The molecule has 1 aromatic carbocycles. The molecule has 0 aliphatic carbocycles. The maximum atomic E-state index is 12.2. The summed E-state index contributed by atoms with van der Waals surface area (Å²) in [7, 11) is 0. The molecule has 2 rings (SSSR count). The van der Waals surface area contributed by atoms with Gasteiger partial charge in [-0.25, -0.2) is 0 Å². The Morgan fingerprint density at radius 3 is 2.39 bits per heavy atom. The van der Waals surface area contributed by atoms with Gasteiger partial charge in [0.1, 0.15) is 0 Å². The summed E-state index contributed by atoms with van der Waals surface area (Å²) in [6, 6.07) is 6.66. The van der Waals surface area contributed by atoms with Gasteiger partial charge in [0.15, 0.2) is 0 Å². The highest BCUT2D eigenvalue weighted by molar-refractivity contribution is 5.95. The lowest BCUT2D eigenvalue weighted by Gasteiger charge is -2.15. The number of nitrogens with two attached hydrogens (primary N) is 1. The number of aliphatic carboxylic acids is 1. The van der Waals surface area contributed by atoms with Gasteiger partial charge in [-0.3, -0.25) is 9.59 Å². The van der Waals surface area contributed by atoms with Crippen molar-refractivity contribution in [2.75, 3.05) is 18.8 Å². The van der Waals surface area contributed by atoms with Crippen LogP contribution in [-0.2, 0) is 4.79 Å². The van der Waals surface area contributed by atoms with Gasteiger partial charge in [0.05, 0.1) is 5.92 Å². The third-order valence-corrected chi connectivity index (χ3v) is 3.37. The highest BCUT2D eigenvalue weighted by Gasteiger charge is 2.37. The summed E-state index contributed by atoms with van der Waals surface area (Å²) in [5.74, 6) is -1.45. The second kappa shape index (κ2) is 4.68. The summed E-state index contributed by atoms with van der Waals surface area (Å²) >= 11 is 0. The predicted molar refractivity (Wildman–Crippen MR) is 67.0 cm³/mol. The molecule has 5 heteroatoms. The van der Waals surface area contributed by atoms with Crippen LogP contribution in [0.25, 0.3) is 0 Å². The number of hydrogen-bond acceptors (Lipinski definition) is 3. The first-order valence-corrected chi connectivity index (χ1v) is 5.86. The maximum Gasteiger partial charge on any atom is 0.308 e. The Balaban J connectivity index is 2.12. The van der Waals surface area contributed by atoms with Crippen LogP contribution < -0.4 is 5.73 Å². The van der Waals surface area contributed by atoms with Gasteiger partial charge >= 0.3 is 5.97 Å². The van der Waals surface area contributed by atoms with Crippen molar-refractivity contribution in [2.24, 2.45) is 11.8 Å². The van der Waals surface area contributed by atoms with Crippen LogP contribution in [0, 0.1) is 11.8 Å². The van der Waals surface area contributed by atoms with Crippen LogP contribution in [0.5, 0.6) is 0 Å². The van der Waals surface area contributed by atoms with E-state index in [-0.39, 0.29) is 18.4 Å². The molecule has 1 saturated heterocycles. The van der Waals surface area contributed by atoms with Crippen LogP contribution in [-0.4, -0.2) is 35.0 Å². The molecule has 2 atom stereocenters. The molecule has 0 spiro atoms. The Kier molecular flexibility index (Phi) is 3.23. The van der Waals surface area contributed by atoms with Crippen LogP contribution >= 0.6 is 0 Å². The fourth-order valence-corrected chi connectivity index (χ4v) is 2.26. The highest BCUT2D eigenvalue weighted by atomic mass is 16.4. The predicted octanol–water partition coefficient (Wildman–Crippen LogP) is 1.06. The van der Waals surface area contributed by atoms with Gasteiger partial charge in [-0.2, -0.15) is 0 Å². The SMILES string of the molecule is CC1CN(C(=O)c2ccc(N)cc2)CC1C(=O)O. The third-order valence-electron chi connectivity index (χ3n) is 3.37. The Morgan fingerprint density at radius 1 is 1.28 bits per heavy atom. The summed E-state index contributed by atoms with van der Waals surface area (Å²) in [5.41, 5.74) is 6.71. The van der Waals surface area contributed by atoms with E-state index in [2.05, 4.69) is 0 Å². The molecule has 0 radical (unpaired) electrons. The molecule has 96 valence electrons. The van der Waals surface area contributed by atoms with Crippen molar-refractivity contribution in [3.05, 3.63) is 29.8 Å². The van der Waals surface area contributed by atoms with E-state index in [4.69, 9.17) is 10.8 Å². The Labute approximate surface area is 105 Å². The molecule has 1 fully saturated rings. The molecule has 1 aliphatic heterocycles. The number of amides is 1. The third kappa shape index (κ3) is 2.30. The molecule has 0 aromatic heterocycles. The quantitative estimate of drug-likeness (QED) is 0.766. The average molecular weight is 248 g/mol. The zero-order valence-electron chi connectivity index (χ0n) is 10.2. The van der Waals surface area contributed by atoms with E-state index >= 15 is 0 Å². The fraction of sp³-hybridized carbons (Fsp3) is 0.385. The molecule has 1 aromatic rings. The van der Waals surface area contributed by atoms with Gasteiger partial charge in [-0.05, 0) is 30.2 Å². The lowest BCUT2D eigenvalue weighted by atomic mass is 9.99. The molecule has 5 nitrogen and oxygen atoms in total. The number of carbonyl (C=O) groups is 2. The van der Waals surface area contributed by atoms with Crippen molar-refractivity contribution < 1.29 is 14.7 Å². The van der Waals surface area contributed by atoms with E-state index in [9.17, 15) is 9.59 Å². The van der Waals surface area contributed by atoms with Crippen molar-refractivity contribution in [3.8, 4) is 0 Å². The Hall–Kier alpha value is -2.04. The number of hydrogen-bond donors (Lipinski definition) is 2. The summed E-state index contributed by atoms with van der Waals surface area (Å²) in [6.07, 6.45) is 0. The van der Waals surface area contributed by atoms with E-state index in [1.165, 1.54) is 0 Å². The number of anilines is 1. The number of nitrogen functional groups attached to an aromatic ring is 1. The van der Waals surface area contributed by atoms with Crippen molar-refractivity contribution >= 4 is 17.6 Å². The minimum absolute atomic E-state index is 0.0137. The first-order chi connectivity index (χ1) is 8.49. The fourth-order valence-electron chi connectivity index (χ4n) is 2.26. The number of carboxylic acids is 1. The zero-order valence-corrected chi connectivity index (χ0v) is 10.2. The van der Waals surface area contributed by atoms with Crippen molar-refractivity contribution in [3.63, 3.8) is 0 Å². The van der Waals surface area contributed by atoms with Gasteiger partial charge in [0.25, 0.3) is 5.91 Å². The second-order valence-corrected chi connectivity index (χ2v) is 4.75. The molecular weight excluding hydrogens is 232 g/mol.